The van der Waals surface area contributed by atoms with Crippen molar-refractivity contribution in [3.63, 3.8) is 0 Å². The van der Waals surface area contributed by atoms with Gasteiger partial charge in [0.2, 0.25) is 0 Å². The van der Waals surface area contributed by atoms with Gasteiger partial charge >= 0.3 is 0 Å². The molecule has 1 aromatic heterocycles. The van der Waals surface area contributed by atoms with Crippen molar-refractivity contribution in [1.29, 1.82) is 0 Å². The third-order valence-corrected chi connectivity index (χ3v) is 3.93. The van der Waals surface area contributed by atoms with Crippen LogP contribution in [0.3, 0.4) is 0 Å². The van der Waals surface area contributed by atoms with Crippen molar-refractivity contribution in [2.75, 3.05) is 13.1 Å². The minimum absolute atomic E-state index is 0.271. The highest BCUT2D eigenvalue weighted by Crippen LogP contribution is 2.22. The summed E-state index contributed by atoms with van der Waals surface area (Å²) < 4.78 is 7.09. The van der Waals surface area contributed by atoms with Crippen LogP contribution in [0, 0.1) is 0 Å². The maximum absolute atomic E-state index is 6.03. The summed E-state index contributed by atoms with van der Waals surface area (Å²) in [6.45, 7) is 2.93. The SMILES string of the molecule is Brc1cccc(OC2CCN(Cc3ccccn3)C2)c1. The van der Waals surface area contributed by atoms with E-state index in [1.165, 1.54) is 0 Å². The second-order valence-electron chi connectivity index (χ2n) is 5.04. The maximum Gasteiger partial charge on any atom is 0.120 e. The molecule has 0 aliphatic carbocycles. The fourth-order valence-electron chi connectivity index (χ4n) is 2.49. The van der Waals surface area contributed by atoms with Gasteiger partial charge in [-0.2, -0.15) is 0 Å². The first-order valence-electron chi connectivity index (χ1n) is 6.84. The van der Waals surface area contributed by atoms with E-state index in [9.17, 15) is 0 Å². The van der Waals surface area contributed by atoms with E-state index < -0.39 is 0 Å². The molecule has 2 aromatic rings. The van der Waals surface area contributed by atoms with Crippen molar-refractivity contribution in [2.45, 2.75) is 19.1 Å². The fourth-order valence-corrected chi connectivity index (χ4v) is 2.87. The summed E-state index contributed by atoms with van der Waals surface area (Å²) in [4.78, 5) is 6.77. The molecular weight excluding hydrogens is 316 g/mol. The summed E-state index contributed by atoms with van der Waals surface area (Å²) in [7, 11) is 0. The molecule has 2 heterocycles. The van der Waals surface area contributed by atoms with Gasteiger partial charge in [-0.15, -0.1) is 0 Å². The molecule has 20 heavy (non-hydrogen) atoms. The number of rotatable bonds is 4. The Kier molecular flexibility index (Phi) is 4.33. The Morgan fingerprint density at radius 2 is 2.20 bits per heavy atom. The second-order valence-corrected chi connectivity index (χ2v) is 5.96. The molecule has 1 aromatic carbocycles. The first-order valence-corrected chi connectivity index (χ1v) is 7.63. The molecule has 0 saturated carbocycles. The van der Waals surface area contributed by atoms with Crippen LogP contribution in [-0.2, 0) is 6.54 Å². The summed E-state index contributed by atoms with van der Waals surface area (Å²) in [5.74, 6) is 0.934. The average molecular weight is 333 g/mol. The van der Waals surface area contributed by atoms with Crippen molar-refractivity contribution in [2.24, 2.45) is 0 Å². The van der Waals surface area contributed by atoms with Crippen LogP contribution in [0.4, 0.5) is 0 Å². The predicted molar refractivity (Wildman–Crippen MR) is 82.7 cm³/mol. The van der Waals surface area contributed by atoms with Gasteiger partial charge in [0.1, 0.15) is 11.9 Å². The summed E-state index contributed by atoms with van der Waals surface area (Å²) >= 11 is 3.47. The summed E-state index contributed by atoms with van der Waals surface area (Å²) in [6.07, 6.45) is 3.19. The number of aromatic nitrogens is 1. The Hall–Kier alpha value is -1.39. The highest BCUT2D eigenvalue weighted by atomic mass is 79.9. The van der Waals surface area contributed by atoms with E-state index in [1.807, 2.05) is 42.6 Å². The normalized spacial score (nSPS) is 19.1. The van der Waals surface area contributed by atoms with Crippen LogP contribution in [0.15, 0.2) is 53.1 Å². The van der Waals surface area contributed by atoms with Gasteiger partial charge in [0.15, 0.2) is 0 Å². The molecule has 1 saturated heterocycles. The van der Waals surface area contributed by atoms with E-state index in [2.05, 4.69) is 31.9 Å². The summed E-state index contributed by atoms with van der Waals surface area (Å²) in [6, 6.07) is 14.1. The van der Waals surface area contributed by atoms with Gasteiger partial charge in [-0.05, 0) is 36.8 Å². The van der Waals surface area contributed by atoms with Gasteiger partial charge in [0.05, 0.1) is 5.69 Å². The third-order valence-electron chi connectivity index (χ3n) is 3.44. The summed E-state index contributed by atoms with van der Waals surface area (Å²) in [5.41, 5.74) is 1.12. The molecule has 0 amide bonds. The lowest BCUT2D eigenvalue weighted by atomic mass is 10.3. The number of halogens is 1. The average Bonchev–Trinajstić information content (AvgIpc) is 2.87. The van der Waals surface area contributed by atoms with Gasteiger partial charge in [0.25, 0.3) is 0 Å². The number of nitrogens with zero attached hydrogens (tertiary/aromatic N) is 2. The Labute approximate surface area is 127 Å². The van der Waals surface area contributed by atoms with Crippen molar-refractivity contribution >= 4 is 15.9 Å². The lowest BCUT2D eigenvalue weighted by Gasteiger charge is -2.16. The van der Waals surface area contributed by atoms with Gasteiger partial charge in [-0.1, -0.05) is 28.1 Å². The topological polar surface area (TPSA) is 25.4 Å². The zero-order valence-corrected chi connectivity index (χ0v) is 12.8. The number of benzene rings is 1. The minimum Gasteiger partial charge on any atom is -0.489 e. The van der Waals surface area contributed by atoms with Gasteiger partial charge in [-0.3, -0.25) is 9.88 Å². The van der Waals surface area contributed by atoms with Crippen LogP contribution in [0.25, 0.3) is 0 Å². The van der Waals surface area contributed by atoms with E-state index >= 15 is 0 Å². The molecule has 1 fully saturated rings. The van der Waals surface area contributed by atoms with Gasteiger partial charge < -0.3 is 4.74 Å². The Balaban J connectivity index is 1.54. The molecule has 1 aliphatic rings. The highest BCUT2D eigenvalue weighted by molar-refractivity contribution is 9.10. The Morgan fingerprint density at radius 1 is 1.25 bits per heavy atom. The van der Waals surface area contributed by atoms with Crippen molar-refractivity contribution in [3.05, 3.63) is 58.8 Å². The second kappa shape index (κ2) is 6.37. The van der Waals surface area contributed by atoms with Crippen LogP contribution in [0.5, 0.6) is 5.75 Å². The standard InChI is InChI=1S/C16H17BrN2O/c17-13-4-3-6-15(10-13)20-16-7-9-19(12-16)11-14-5-1-2-8-18-14/h1-6,8,10,16H,7,9,11-12H2. The molecule has 1 aliphatic heterocycles. The molecule has 1 atom stereocenters. The summed E-state index contributed by atoms with van der Waals surface area (Å²) in [5, 5.41) is 0. The maximum atomic E-state index is 6.03. The van der Waals surface area contributed by atoms with Crippen LogP contribution in [0.2, 0.25) is 0 Å². The van der Waals surface area contributed by atoms with Crippen LogP contribution < -0.4 is 4.74 Å². The van der Waals surface area contributed by atoms with Crippen molar-refractivity contribution < 1.29 is 4.74 Å². The number of hydrogen-bond donors (Lipinski definition) is 0. The molecule has 0 spiro atoms. The number of ether oxygens (including phenoxy) is 1. The fraction of sp³-hybridized carbons (Fsp3) is 0.312. The zero-order valence-electron chi connectivity index (χ0n) is 11.2. The minimum atomic E-state index is 0.271. The first kappa shape index (κ1) is 13.6. The quantitative estimate of drug-likeness (QED) is 0.856. The number of pyridine rings is 1. The lowest BCUT2D eigenvalue weighted by Crippen LogP contribution is -2.24. The molecule has 104 valence electrons. The van der Waals surface area contributed by atoms with E-state index in [0.717, 1.165) is 42.0 Å². The van der Waals surface area contributed by atoms with Crippen molar-refractivity contribution in [1.82, 2.24) is 9.88 Å². The Morgan fingerprint density at radius 3 is 3.00 bits per heavy atom. The zero-order chi connectivity index (χ0) is 13.8. The van der Waals surface area contributed by atoms with Crippen molar-refractivity contribution in [3.8, 4) is 5.75 Å². The third kappa shape index (κ3) is 3.58. The molecule has 0 bridgehead atoms. The molecule has 0 radical (unpaired) electrons. The molecule has 4 heteroatoms. The lowest BCUT2D eigenvalue weighted by molar-refractivity contribution is 0.198. The molecule has 1 unspecified atom stereocenters. The molecule has 0 N–H and O–H groups in total. The molecular formula is C16H17BrN2O. The van der Waals surface area contributed by atoms with Crippen LogP contribution >= 0.6 is 15.9 Å². The van der Waals surface area contributed by atoms with Crippen LogP contribution in [0.1, 0.15) is 12.1 Å². The Bertz CT molecular complexity index is 561. The molecule has 3 rings (SSSR count). The van der Waals surface area contributed by atoms with Gasteiger partial charge in [-0.25, -0.2) is 0 Å². The first-order chi connectivity index (χ1) is 9.79. The van der Waals surface area contributed by atoms with Crippen LogP contribution in [-0.4, -0.2) is 29.1 Å². The smallest absolute Gasteiger partial charge is 0.120 e. The predicted octanol–water partition coefficient (Wildman–Crippen LogP) is 3.50. The monoisotopic (exact) mass is 332 g/mol. The van der Waals surface area contributed by atoms with Gasteiger partial charge in [0, 0.05) is 30.3 Å². The number of likely N-dealkylation sites (tertiary alicyclic amines) is 1. The largest absolute Gasteiger partial charge is 0.489 e. The van der Waals surface area contributed by atoms with E-state index in [4.69, 9.17) is 4.74 Å². The van der Waals surface area contributed by atoms with E-state index in [1.54, 1.807) is 0 Å². The highest BCUT2D eigenvalue weighted by Gasteiger charge is 2.24. The van der Waals surface area contributed by atoms with E-state index in [-0.39, 0.29) is 6.10 Å². The van der Waals surface area contributed by atoms with E-state index in [0.29, 0.717) is 0 Å². The molecule has 3 nitrogen and oxygen atoms in total. The number of hydrogen-bond acceptors (Lipinski definition) is 3.